The van der Waals surface area contributed by atoms with E-state index in [4.69, 9.17) is 21.8 Å². The molecule has 1 fully saturated rings. The van der Waals surface area contributed by atoms with E-state index in [1.54, 1.807) is 30.0 Å². The number of hydrogen-bond donors (Lipinski definition) is 1. The van der Waals surface area contributed by atoms with Crippen molar-refractivity contribution in [3.8, 4) is 11.5 Å². The molecule has 1 aromatic heterocycles. The second-order valence-corrected chi connectivity index (χ2v) is 7.87. The first kappa shape index (κ1) is 18.7. The molecule has 1 saturated heterocycles. The van der Waals surface area contributed by atoms with Crippen LogP contribution in [0.3, 0.4) is 0 Å². The molecular weight excluding hydrogens is 376 g/mol. The van der Waals surface area contributed by atoms with Gasteiger partial charge in [-0.1, -0.05) is 29.4 Å². The predicted octanol–water partition coefficient (Wildman–Crippen LogP) is 2.59. The summed E-state index contributed by atoms with van der Waals surface area (Å²) in [7, 11) is 0. The van der Waals surface area contributed by atoms with E-state index in [0.717, 1.165) is 5.56 Å². The van der Waals surface area contributed by atoms with Gasteiger partial charge in [-0.3, -0.25) is 9.59 Å². The van der Waals surface area contributed by atoms with Gasteiger partial charge in [0.15, 0.2) is 0 Å². The van der Waals surface area contributed by atoms with Gasteiger partial charge in [0.05, 0.1) is 5.25 Å². The number of rotatable bonds is 5. The molecule has 0 radical (unpaired) electrons. The summed E-state index contributed by atoms with van der Waals surface area (Å²) in [6, 6.07) is 7.13. The standard InChI is InChI=1S/C17H19ClN4O3S/c1-10(16(24)22-7-5-11(6-8-22)14(19)23)26-17-21-20-15(25-17)12-3-2-4-13(18)9-12/h2-4,9-11H,5-8H2,1H3,(H2,19,23). The molecule has 1 aromatic carbocycles. The number of halogens is 1. The highest BCUT2D eigenvalue weighted by Crippen LogP contribution is 2.29. The summed E-state index contributed by atoms with van der Waals surface area (Å²) in [4.78, 5) is 25.6. The summed E-state index contributed by atoms with van der Waals surface area (Å²) in [6.45, 7) is 2.88. The summed E-state index contributed by atoms with van der Waals surface area (Å²) >= 11 is 7.19. The van der Waals surface area contributed by atoms with Crippen molar-refractivity contribution in [1.82, 2.24) is 15.1 Å². The molecule has 2 amide bonds. The molecule has 26 heavy (non-hydrogen) atoms. The number of amides is 2. The van der Waals surface area contributed by atoms with Crippen molar-refractivity contribution in [2.75, 3.05) is 13.1 Å². The van der Waals surface area contributed by atoms with Gasteiger partial charge >= 0.3 is 0 Å². The molecule has 1 aliphatic rings. The third-order valence-corrected chi connectivity index (χ3v) is 5.47. The van der Waals surface area contributed by atoms with Crippen LogP contribution < -0.4 is 5.73 Å². The number of carbonyl (C=O) groups excluding carboxylic acids is 2. The summed E-state index contributed by atoms with van der Waals surface area (Å²) < 4.78 is 5.63. The Balaban J connectivity index is 1.59. The van der Waals surface area contributed by atoms with Gasteiger partial charge in [-0.25, -0.2) is 0 Å². The fraction of sp³-hybridized carbons (Fsp3) is 0.412. The molecule has 1 atom stereocenters. The number of nitrogens with two attached hydrogens (primary N) is 1. The molecule has 0 aliphatic carbocycles. The number of piperidine rings is 1. The van der Waals surface area contributed by atoms with Gasteiger partial charge in [0.1, 0.15) is 0 Å². The number of carbonyl (C=O) groups is 2. The van der Waals surface area contributed by atoms with Gasteiger partial charge in [0.25, 0.3) is 5.22 Å². The van der Waals surface area contributed by atoms with E-state index in [-0.39, 0.29) is 23.0 Å². The highest BCUT2D eigenvalue weighted by molar-refractivity contribution is 8.00. The molecule has 2 N–H and O–H groups in total. The van der Waals surface area contributed by atoms with Crippen molar-refractivity contribution in [1.29, 1.82) is 0 Å². The van der Waals surface area contributed by atoms with Crippen LogP contribution in [0.15, 0.2) is 33.9 Å². The topological polar surface area (TPSA) is 102 Å². The van der Waals surface area contributed by atoms with Crippen LogP contribution in [-0.2, 0) is 9.59 Å². The Bertz CT molecular complexity index is 805. The molecular formula is C17H19ClN4O3S. The predicted molar refractivity (Wildman–Crippen MR) is 98.6 cm³/mol. The molecule has 2 aromatic rings. The minimum atomic E-state index is -0.368. The van der Waals surface area contributed by atoms with Gasteiger partial charge in [-0.15, -0.1) is 10.2 Å². The molecule has 0 bridgehead atoms. The molecule has 0 spiro atoms. The van der Waals surface area contributed by atoms with Crippen LogP contribution in [0.4, 0.5) is 0 Å². The zero-order chi connectivity index (χ0) is 18.7. The maximum Gasteiger partial charge on any atom is 0.277 e. The van der Waals surface area contributed by atoms with E-state index in [2.05, 4.69) is 10.2 Å². The minimum absolute atomic E-state index is 0.0135. The number of nitrogens with zero attached hydrogens (tertiary/aromatic N) is 3. The van der Waals surface area contributed by atoms with Crippen molar-refractivity contribution < 1.29 is 14.0 Å². The fourth-order valence-electron chi connectivity index (χ4n) is 2.84. The summed E-state index contributed by atoms with van der Waals surface area (Å²) in [5.41, 5.74) is 6.05. The lowest BCUT2D eigenvalue weighted by atomic mass is 9.96. The van der Waals surface area contributed by atoms with Gasteiger partial charge in [0.2, 0.25) is 17.7 Å². The first-order valence-corrected chi connectivity index (χ1v) is 9.54. The maximum atomic E-state index is 12.6. The number of hydrogen-bond acceptors (Lipinski definition) is 6. The zero-order valence-corrected chi connectivity index (χ0v) is 15.8. The average Bonchev–Trinajstić information content (AvgIpc) is 3.09. The van der Waals surface area contributed by atoms with Gasteiger partial charge < -0.3 is 15.1 Å². The second kappa shape index (κ2) is 8.09. The Kier molecular flexibility index (Phi) is 5.83. The molecule has 3 rings (SSSR count). The number of benzene rings is 1. The highest BCUT2D eigenvalue weighted by atomic mass is 35.5. The van der Waals surface area contributed by atoms with Crippen molar-refractivity contribution in [3.63, 3.8) is 0 Å². The Labute approximate surface area is 160 Å². The van der Waals surface area contributed by atoms with Crippen LogP contribution in [0.1, 0.15) is 19.8 Å². The summed E-state index contributed by atoms with van der Waals surface area (Å²) in [6.07, 6.45) is 1.22. The van der Waals surface area contributed by atoms with Crippen LogP contribution in [0.5, 0.6) is 0 Å². The second-order valence-electron chi connectivity index (χ2n) is 6.15. The lowest BCUT2D eigenvalue weighted by molar-refractivity contribution is -0.134. The highest BCUT2D eigenvalue weighted by Gasteiger charge is 2.29. The smallest absolute Gasteiger partial charge is 0.277 e. The van der Waals surface area contributed by atoms with Crippen molar-refractivity contribution >= 4 is 35.2 Å². The fourth-order valence-corrected chi connectivity index (χ4v) is 3.80. The number of likely N-dealkylation sites (tertiary alicyclic amines) is 1. The molecule has 1 aliphatic heterocycles. The van der Waals surface area contributed by atoms with Crippen LogP contribution >= 0.6 is 23.4 Å². The van der Waals surface area contributed by atoms with Gasteiger partial charge in [-0.05, 0) is 38.0 Å². The Hall–Kier alpha value is -2.06. The lowest BCUT2D eigenvalue weighted by Gasteiger charge is -2.31. The van der Waals surface area contributed by atoms with E-state index in [1.165, 1.54) is 11.8 Å². The van der Waals surface area contributed by atoms with E-state index in [9.17, 15) is 9.59 Å². The number of thioether (sulfide) groups is 1. The van der Waals surface area contributed by atoms with E-state index >= 15 is 0 Å². The van der Waals surface area contributed by atoms with Crippen LogP contribution in [-0.4, -0.2) is 45.3 Å². The molecule has 9 heteroatoms. The van der Waals surface area contributed by atoms with Crippen LogP contribution in [0.25, 0.3) is 11.5 Å². The first-order valence-electron chi connectivity index (χ1n) is 8.28. The van der Waals surface area contributed by atoms with Crippen molar-refractivity contribution in [3.05, 3.63) is 29.3 Å². The van der Waals surface area contributed by atoms with Crippen LogP contribution in [0.2, 0.25) is 5.02 Å². The molecule has 7 nitrogen and oxygen atoms in total. The summed E-state index contributed by atoms with van der Waals surface area (Å²) in [5, 5.41) is 8.55. The third kappa shape index (κ3) is 4.37. The molecule has 138 valence electrons. The van der Waals surface area contributed by atoms with E-state index < -0.39 is 0 Å². The van der Waals surface area contributed by atoms with E-state index in [1.807, 2.05) is 6.07 Å². The Morgan fingerprint density at radius 1 is 1.35 bits per heavy atom. The largest absolute Gasteiger partial charge is 0.411 e. The summed E-state index contributed by atoms with van der Waals surface area (Å²) in [5.74, 6) is -0.0884. The maximum absolute atomic E-state index is 12.6. The SMILES string of the molecule is CC(Sc1nnc(-c2cccc(Cl)c2)o1)C(=O)N1CCC(C(N)=O)CC1. The zero-order valence-electron chi connectivity index (χ0n) is 14.2. The monoisotopic (exact) mass is 394 g/mol. The normalized spacial score (nSPS) is 16.5. The number of aromatic nitrogens is 2. The molecule has 2 heterocycles. The third-order valence-electron chi connectivity index (χ3n) is 4.31. The first-order chi connectivity index (χ1) is 12.4. The molecule has 1 unspecified atom stereocenters. The van der Waals surface area contributed by atoms with Crippen molar-refractivity contribution in [2.24, 2.45) is 11.7 Å². The van der Waals surface area contributed by atoms with Gasteiger partial charge in [-0.2, -0.15) is 0 Å². The van der Waals surface area contributed by atoms with Crippen LogP contribution in [0, 0.1) is 5.92 Å². The quantitative estimate of drug-likeness (QED) is 0.782. The van der Waals surface area contributed by atoms with Crippen molar-refractivity contribution in [2.45, 2.75) is 30.2 Å². The minimum Gasteiger partial charge on any atom is -0.411 e. The van der Waals surface area contributed by atoms with E-state index in [0.29, 0.717) is 42.1 Å². The molecule has 0 saturated carbocycles. The average molecular weight is 395 g/mol. The van der Waals surface area contributed by atoms with Gasteiger partial charge in [0, 0.05) is 29.6 Å². The number of primary amides is 1. The lowest BCUT2D eigenvalue weighted by Crippen LogP contribution is -2.44. The Morgan fingerprint density at radius 2 is 2.08 bits per heavy atom. The Morgan fingerprint density at radius 3 is 2.73 bits per heavy atom.